The SMILES string of the molecule is CCN(c1ccc(NC(=O)COC(=O)/C(C#N)=C\c2ccc3c(c2)OCO3)cc1)C(C)C. The van der Waals surface area contributed by atoms with E-state index in [1.54, 1.807) is 36.4 Å². The van der Waals surface area contributed by atoms with Crippen molar-refractivity contribution in [2.75, 3.05) is 30.2 Å². The van der Waals surface area contributed by atoms with Gasteiger partial charge in [-0.15, -0.1) is 0 Å². The van der Waals surface area contributed by atoms with Crippen LogP contribution in [-0.2, 0) is 14.3 Å². The van der Waals surface area contributed by atoms with Gasteiger partial charge in [-0.05, 0) is 68.8 Å². The minimum atomic E-state index is -0.883. The first-order valence-electron chi connectivity index (χ1n) is 10.3. The Kier molecular flexibility index (Phi) is 7.34. The van der Waals surface area contributed by atoms with Crippen LogP contribution in [0.1, 0.15) is 26.3 Å². The number of nitriles is 1. The molecule has 1 amide bonds. The van der Waals surface area contributed by atoms with Crippen LogP contribution in [-0.4, -0.2) is 37.9 Å². The third-order valence-electron chi connectivity index (χ3n) is 4.83. The maximum atomic E-state index is 12.2. The van der Waals surface area contributed by atoms with Gasteiger partial charge in [0.15, 0.2) is 18.1 Å². The molecular weight excluding hydrogens is 410 g/mol. The number of fused-ring (bicyclic) bond motifs is 1. The van der Waals surface area contributed by atoms with Gasteiger partial charge in [0, 0.05) is 24.0 Å². The predicted molar refractivity (Wildman–Crippen MR) is 120 cm³/mol. The van der Waals surface area contributed by atoms with Crippen molar-refractivity contribution in [1.29, 1.82) is 5.26 Å². The quantitative estimate of drug-likeness (QED) is 0.383. The Labute approximate surface area is 187 Å². The van der Waals surface area contributed by atoms with Gasteiger partial charge in [-0.2, -0.15) is 5.26 Å². The summed E-state index contributed by atoms with van der Waals surface area (Å²) in [5, 5.41) is 12.0. The molecule has 0 aliphatic carbocycles. The first-order chi connectivity index (χ1) is 15.4. The Morgan fingerprint density at radius 3 is 2.56 bits per heavy atom. The predicted octanol–water partition coefficient (Wildman–Crippen LogP) is 3.74. The number of nitrogens with one attached hydrogen (secondary N) is 1. The van der Waals surface area contributed by atoms with Crippen molar-refractivity contribution in [2.45, 2.75) is 26.8 Å². The highest BCUT2D eigenvalue weighted by Crippen LogP contribution is 2.33. The molecule has 1 aliphatic rings. The number of hydrogen-bond acceptors (Lipinski definition) is 7. The average Bonchev–Trinajstić information content (AvgIpc) is 3.25. The largest absolute Gasteiger partial charge is 0.454 e. The van der Waals surface area contributed by atoms with Gasteiger partial charge in [0.25, 0.3) is 5.91 Å². The minimum absolute atomic E-state index is 0.127. The van der Waals surface area contributed by atoms with Crippen LogP contribution in [0.5, 0.6) is 11.5 Å². The lowest BCUT2D eigenvalue weighted by atomic mass is 10.1. The molecule has 32 heavy (non-hydrogen) atoms. The van der Waals surface area contributed by atoms with Crippen molar-refractivity contribution in [3.05, 3.63) is 53.6 Å². The number of anilines is 2. The van der Waals surface area contributed by atoms with Crippen LogP contribution in [0.3, 0.4) is 0 Å². The smallest absolute Gasteiger partial charge is 0.349 e. The molecule has 0 aromatic heterocycles. The second-order valence-electron chi connectivity index (χ2n) is 7.33. The summed E-state index contributed by atoms with van der Waals surface area (Å²) in [5.74, 6) is -0.251. The molecule has 0 saturated carbocycles. The average molecular weight is 435 g/mol. The lowest BCUT2D eigenvalue weighted by Crippen LogP contribution is -2.30. The molecule has 8 nitrogen and oxygen atoms in total. The van der Waals surface area contributed by atoms with E-state index in [1.165, 1.54) is 6.08 Å². The van der Waals surface area contributed by atoms with Crippen LogP contribution >= 0.6 is 0 Å². The molecule has 1 heterocycles. The van der Waals surface area contributed by atoms with Crippen molar-refractivity contribution in [2.24, 2.45) is 0 Å². The summed E-state index contributed by atoms with van der Waals surface area (Å²) in [5.41, 5.74) is 1.99. The van der Waals surface area contributed by atoms with Crippen LogP contribution in [0.15, 0.2) is 48.0 Å². The molecule has 1 aliphatic heterocycles. The summed E-state index contributed by atoms with van der Waals surface area (Å²) < 4.78 is 15.5. The van der Waals surface area contributed by atoms with Gasteiger partial charge in [-0.3, -0.25) is 4.79 Å². The molecule has 0 fully saturated rings. The highest BCUT2D eigenvalue weighted by Gasteiger charge is 2.16. The van der Waals surface area contributed by atoms with E-state index in [4.69, 9.17) is 14.2 Å². The Balaban J connectivity index is 1.55. The van der Waals surface area contributed by atoms with E-state index in [2.05, 4.69) is 31.0 Å². The number of carbonyl (C=O) groups is 2. The highest BCUT2D eigenvalue weighted by molar-refractivity contribution is 6.00. The van der Waals surface area contributed by atoms with Crippen LogP contribution in [0, 0.1) is 11.3 Å². The van der Waals surface area contributed by atoms with Gasteiger partial charge < -0.3 is 24.4 Å². The molecule has 2 aromatic rings. The zero-order valence-electron chi connectivity index (χ0n) is 18.3. The Hall–Kier alpha value is -3.99. The molecule has 0 saturated heterocycles. The summed E-state index contributed by atoms with van der Waals surface area (Å²) >= 11 is 0. The maximum Gasteiger partial charge on any atom is 0.349 e. The topological polar surface area (TPSA) is 101 Å². The van der Waals surface area contributed by atoms with E-state index in [0.29, 0.717) is 28.8 Å². The Morgan fingerprint density at radius 2 is 1.91 bits per heavy atom. The molecule has 1 N–H and O–H groups in total. The van der Waals surface area contributed by atoms with Crippen molar-refractivity contribution < 1.29 is 23.8 Å². The lowest BCUT2D eigenvalue weighted by molar-refractivity contribution is -0.142. The second-order valence-corrected chi connectivity index (χ2v) is 7.33. The van der Waals surface area contributed by atoms with E-state index in [-0.39, 0.29) is 12.4 Å². The fourth-order valence-corrected chi connectivity index (χ4v) is 3.29. The van der Waals surface area contributed by atoms with Crippen LogP contribution in [0.25, 0.3) is 6.08 Å². The maximum absolute atomic E-state index is 12.2. The van der Waals surface area contributed by atoms with Gasteiger partial charge in [-0.1, -0.05) is 6.07 Å². The second kappa shape index (κ2) is 10.4. The molecule has 8 heteroatoms. The van der Waals surface area contributed by atoms with Gasteiger partial charge in [-0.25, -0.2) is 4.79 Å². The first kappa shape index (κ1) is 22.7. The molecule has 166 valence electrons. The fraction of sp³-hybridized carbons (Fsp3) is 0.292. The number of ether oxygens (including phenoxy) is 3. The fourth-order valence-electron chi connectivity index (χ4n) is 3.29. The number of amides is 1. The van der Waals surface area contributed by atoms with Crippen molar-refractivity contribution in [3.63, 3.8) is 0 Å². The first-order valence-corrected chi connectivity index (χ1v) is 10.3. The molecule has 0 unspecified atom stereocenters. The standard InChI is InChI=1S/C24H25N3O5/c1-4-27(16(2)3)20-8-6-19(7-9-20)26-23(28)14-30-24(29)18(13-25)11-17-5-10-21-22(12-17)32-15-31-21/h5-12,16H,4,14-15H2,1-3H3,(H,26,28)/b18-11-. The monoisotopic (exact) mass is 435 g/mol. The third kappa shape index (κ3) is 5.58. The van der Waals surface area contributed by atoms with E-state index >= 15 is 0 Å². The third-order valence-corrected chi connectivity index (χ3v) is 4.83. The molecule has 2 aromatic carbocycles. The van der Waals surface area contributed by atoms with Gasteiger partial charge in [0.2, 0.25) is 6.79 Å². The minimum Gasteiger partial charge on any atom is -0.454 e. The molecule has 0 bridgehead atoms. The molecule has 0 atom stereocenters. The number of hydrogen-bond donors (Lipinski definition) is 1. The summed E-state index contributed by atoms with van der Waals surface area (Å²) in [6.45, 7) is 6.81. The highest BCUT2D eigenvalue weighted by atomic mass is 16.7. The van der Waals surface area contributed by atoms with Crippen molar-refractivity contribution >= 4 is 29.3 Å². The van der Waals surface area contributed by atoms with Crippen LogP contribution in [0.4, 0.5) is 11.4 Å². The number of nitrogens with zero attached hydrogens (tertiary/aromatic N) is 2. The normalized spacial score (nSPS) is 12.3. The Bertz CT molecular complexity index is 1050. The van der Waals surface area contributed by atoms with Crippen LogP contribution in [0.2, 0.25) is 0 Å². The van der Waals surface area contributed by atoms with Crippen LogP contribution < -0.4 is 19.7 Å². The van der Waals surface area contributed by atoms with E-state index in [9.17, 15) is 14.9 Å². The van der Waals surface area contributed by atoms with E-state index in [1.807, 2.05) is 12.1 Å². The van der Waals surface area contributed by atoms with E-state index in [0.717, 1.165) is 12.2 Å². The number of esters is 1. The summed E-state index contributed by atoms with van der Waals surface area (Å²) in [6, 6.07) is 14.6. The van der Waals surface area contributed by atoms with E-state index < -0.39 is 18.5 Å². The summed E-state index contributed by atoms with van der Waals surface area (Å²) in [7, 11) is 0. The number of rotatable bonds is 8. The van der Waals surface area contributed by atoms with Gasteiger partial charge >= 0.3 is 5.97 Å². The summed E-state index contributed by atoms with van der Waals surface area (Å²) in [4.78, 5) is 26.6. The zero-order valence-corrected chi connectivity index (χ0v) is 18.3. The van der Waals surface area contributed by atoms with Gasteiger partial charge in [0.05, 0.1) is 0 Å². The number of carbonyl (C=O) groups excluding carboxylic acids is 2. The van der Waals surface area contributed by atoms with Gasteiger partial charge in [0.1, 0.15) is 11.6 Å². The zero-order chi connectivity index (χ0) is 23.1. The van der Waals surface area contributed by atoms with Crippen molar-refractivity contribution in [3.8, 4) is 17.6 Å². The molecule has 0 spiro atoms. The Morgan fingerprint density at radius 1 is 1.19 bits per heavy atom. The summed E-state index contributed by atoms with van der Waals surface area (Å²) in [6.07, 6.45) is 1.37. The van der Waals surface area contributed by atoms with Crippen molar-refractivity contribution in [1.82, 2.24) is 0 Å². The lowest BCUT2D eigenvalue weighted by Gasteiger charge is -2.27. The molecule has 0 radical (unpaired) electrons. The number of benzene rings is 2. The molecule has 3 rings (SSSR count). The molecular formula is C24H25N3O5.